The highest BCUT2D eigenvalue weighted by Crippen LogP contribution is 2.04. The van der Waals surface area contributed by atoms with Crippen LogP contribution in [0.3, 0.4) is 0 Å². The Morgan fingerprint density at radius 1 is 1.18 bits per heavy atom. The molecule has 0 aliphatic rings. The van der Waals surface area contributed by atoms with Crippen molar-refractivity contribution in [2.24, 2.45) is 5.73 Å². The van der Waals surface area contributed by atoms with Crippen LogP contribution < -0.4 is 11.1 Å². The normalized spacial score (nSPS) is 11.6. The van der Waals surface area contributed by atoms with Gasteiger partial charge in [0.2, 0.25) is 5.91 Å². The molecule has 0 saturated carbocycles. The lowest BCUT2D eigenvalue weighted by Crippen LogP contribution is -2.38. The SMILES string of the molecule is C[C@H](NC(=O)c1ccc(C(N)=O)cc1)C(=O)O. The van der Waals surface area contributed by atoms with Gasteiger partial charge in [0, 0.05) is 11.1 Å². The van der Waals surface area contributed by atoms with E-state index in [1.54, 1.807) is 0 Å². The number of amides is 2. The average molecular weight is 236 g/mol. The van der Waals surface area contributed by atoms with Gasteiger partial charge in [0.15, 0.2) is 0 Å². The lowest BCUT2D eigenvalue weighted by Gasteiger charge is -2.09. The van der Waals surface area contributed by atoms with Gasteiger partial charge in [-0.15, -0.1) is 0 Å². The first-order chi connectivity index (χ1) is 7.91. The summed E-state index contributed by atoms with van der Waals surface area (Å²) in [6, 6.07) is 4.65. The predicted octanol–water partition coefficient (Wildman–Crippen LogP) is -0.0116. The zero-order valence-corrected chi connectivity index (χ0v) is 9.14. The summed E-state index contributed by atoms with van der Waals surface area (Å²) in [7, 11) is 0. The van der Waals surface area contributed by atoms with Crippen molar-refractivity contribution in [1.29, 1.82) is 0 Å². The van der Waals surface area contributed by atoms with E-state index in [4.69, 9.17) is 10.8 Å². The summed E-state index contributed by atoms with van der Waals surface area (Å²) in [6.07, 6.45) is 0. The number of primary amides is 1. The first-order valence-electron chi connectivity index (χ1n) is 4.85. The third-order valence-electron chi connectivity index (χ3n) is 2.15. The maximum atomic E-state index is 11.6. The second-order valence-electron chi connectivity index (χ2n) is 3.47. The Morgan fingerprint density at radius 2 is 1.65 bits per heavy atom. The predicted molar refractivity (Wildman–Crippen MR) is 59.5 cm³/mol. The van der Waals surface area contributed by atoms with Gasteiger partial charge in [-0.05, 0) is 31.2 Å². The van der Waals surface area contributed by atoms with Gasteiger partial charge >= 0.3 is 5.97 Å². The van der Waals surface area contributed by atoms with Gasteiger partial charge in [0.1, 0.15) is 6.04 Å². The first kappa shape index (κ1) is 12.7. The quantitative estimate of drug-likeness (QED) is 0.682. The van der Waals surface area contributed by atoms with E-state index in [0.29, 0.717) is 0 Å². The number of carboxylic acids is 1. The Hall–Kier alpha value is -2.37. The molecule has 2 amide bonds. The highest BCUT2D eigenvalue weighted by atomic mass is 16.4. The van der Waals surface area contributed by atoms with Crippen LogP contribution in [0.2, 0.25) is 0 Å². The minimum Gasteiger partial charge on any atom is -0.480 e. The molecule has 4 N–H and O–H groups in total. The number of rotatable bonds is 4. The number of carboxylic acid groups (broad SMARTS) is 1. The van der Waals surface area contributed by atoms with Gasteiger partial charge < -0.3 is 16.2 Å². The second-order valence-corrected chi connectivity index (χ2v) is 3.47. The van der Waals surface area contributed by atoms with Crippen LogP contribution >= 0.6 is 0 Å². The Bertz CT molecular complexity index is 453. The molecule has 1 rings (SSSR count). The van der Waals surface area contributed by atoms with Crippen molar-refractivity contribution >= 4 is 17.8 Å². The summed E-state index contributed by atoms with van der Waals surface area (Å²) in [5, 5.41) is 10.9. The van der Waals surface area contributed by atoms with Crippen LogP contribution in [-0.2, 0) is 4.79 Å². The van der Waals surface area contributed by atoms with Crippen molar-refractivity contribution in [1.82, 2.24) is 5.32 Å². The summed E-state index contributed by atoms with van der Waals surface area (Å²) in [4.78, 5) is 32.9. The van der Waals surface area contributed by atoms with Crippen molar-refractivity contribution in [2.45, 2.75) is 13.0 Å². The third-order valence-corrected chi connectivity index (χ3v) is 2.15. The minimum atomic E-state index is -1.12. The molecule has 0 aliphatic heterocycles. The van der Waals surface area contributed by atoms with Crippen LogP contribution in [0.15, 0.2) is 24.3 Å². The summed E-state index contributed by atoms with van der Waals surface area (Å²) in [5.74, 6) is -2.22. The third kappa shape index (κ3) is 3.30. The molecule has 0 unspecified atom stereocenters. The van der Waals surface area contributed by atoms with Crippen LogP contribution in [0.5, 0.6) is 0 Å². The molecule has 90 valence electrons. The topological polar surface area (TPSA) is 109 Å². The monoisotopic (exact) mass is 236 g/mol. The molecule has 17 heavy (non-hydrogen) atoms. The zero-order valence-electron chi connectivity index (χ0n) is 9.14. The Kier molecular flexibility index (Phi) is 3.82. The van der Waals surface area contributed by atoms with Gasteiger partial charge in [-0.25, -0.2) is 0 Å². The molecule has 0 aromatic heterocycles. The van der Waals surface area contributed by atoms with E-state index in [-0.39, 0.29) is 11.1 Å². The fraction of sp³-hybridized carbons (Fsp3) is 0.182. The molecule has 0 radical (unpaired) electrons. The number of aliphatic carboxylic acids is 1. The zero-order chi connectivity index (χ0) is 13.0. The number of hydrogen-bond donors (Lipinski definition) is 3. The van der Waals surface area contributed by atoms with Crippen molar-refractivity contribution in [3.05, 3.63) is 35.4 Å². The number of nitrogens with one attached hydrogen (secondary N) is 1. The van der Waals surface area contributed by atoms with Crippen molar-refractivity contribution in [3.8, 4) is 0 Å². The molecule has 0 aliphatic carbocycles. The van der Waals surface area contributed by atoms with Crippen LogP contribution in [0, 0.1) is 0 Å². The molecule has 0 spiro atoms. The van der Waals surface area contributed by atoms with E-state index in [9.17, 15) is 14.4 Å². The van der Waals surface area contributed by atoms with Crippen molar-refractivity contribution in [3.63, 3.8) is 0 Å². The van der Waals surface area contributed by atoms with Gasteiger partial charge in [-0.3, -0.25) is 14.4 Å². The molecule has 0 saturated heterocycles. The maximum Gasteiger partial charge on any atom is 0.325 e. The van der Waals surface area contributed by atoms with Crippen LogP contribution in [0.1, 0.15) is 27.6 Å². The maximum absolute atomic E-state index is 11.6. The molecule has 0 heterocycles. The van der Waals surface area contributed by atoms with E-state index in [1.165, 1.54) is 31.2 Å². The summed E-state index contributed by atoms with van der Waals surface area (Å²) < 4.78 is 0. The van der Waals surface area contributed by atoms with Crippen LogP contribution in [0.4, 0.5) is 0 Å². The Morgan fingerprint density at radius 3 is 2.06 bits per heavy atom. The number of nitrogens with two attached hydrogens (primary N) is 1. The fourth-order valence-corrected chi connectivity index (χ4v) is 1.13. The van der Waals surface area contributed by atoms with Gasteiger partial charge in [-0.1, -0.05) is 0 Å². The first-order valence-corrected chi connectivity index (χ1v) is 4.85. The molecule has 1 atom stereocenters. The number of carbonyl (C=O) groups is 3. The summed E-state index contributed by atoms with van der Waals surface area (Å²) in [6.45, 7) is 1.36. The summed E-state index contributed by atoms with van der Waals surface area (Å²) in [5.41, 5.74) is 5.59. The van der Waals surface area contributed by atoms with E-state index < -0.39 is 23.8 Å². The fourth-order valence-electron chi connectivity index (χ4n) is 1.13. The highest BCUT2D eigenvalue weighted by molar-refractivity contribution is 5.98. The smallest absolute Gasteiger partial charge is 0.325 e. The summed E-state index contributed by atoms with van der Waals surface area (Å²) >= 11 is 0. The highest BCUT2D eigenvalue weighted by Gasteiger charge is 2.15. The Labute approximate surface area is 97.4 Å². The van der Waals surface area contributed by atoms with E-state index in [0.717, 1.165) is 0 Å². The molecule has 6 heteroatoms. The van der Waals surface area contributed by atoms with Crippen LogP contribution in [0.25, 0.3) is 0 Å². The van der Waals surface area contributed by atoms with Gasteiger partial charge in [0.05, 0.1) is 0 Å². The largest absolute Gasteiger partial charge is 0.480 e. The molecular weight excluding hydrogens is 224 g/mol. The lowest BCUT2D eigenvalue weighted by atomic mass is 10.1. The minimum absolute atomic E-state index is 0.267. The molecular formula is C11H12N2O4. The molecule has 1 aromatic carbocycles. The Balaban J connectivity index is 2.77. The number of hydrogen-bond acceptors (Lipinski definition) is 3. The van der Waals surface area contributed by atoms with E-state index in [2.05, 4.69) is 5.32 Å². The standard InChI is InChI=1S/C11H12N2O4/c1-6(11(16)17)13-10(15)8-4-2-7(3-5-8)9(12)14/h2-6H,1H3,(H2,12,14)(H,13,15)(H,16,17)/t6-/m0/s1. The second kappa shape index (κ2) is 5.11. The van der Waals surface area contributed by atoms with Crippen molar-refractivity contribution < 1.29 is 19.5 Å². The van der Waals surface area contributed by atoms with Crippen molar-refractivity contribution in [2.75, 3.05) is 0 Å². The van der Waals surface area contributed by atoms with E-state index in [1.807, 2.05) is 0 Å². The average Bonchev–Trinajstić information content (AvgIpc) is 2.28. The van der Waals surface area contributed by atoms with Gasteiger partial charge in [0.25, 0.3) is 5.91 Å². The number of carbonyl (C=O) groups excluding carboxylic acids is 2. The molecule has 0 bridgehead atoms. The molecule has 1 aromatic rings. The van der Waals surface area contributed by atoms with Gasteiger partial charge in [-0.2, -0.15) is 0 Å². The number of benzene rings is 1. The van der Waals surface area contributed by atoms with Crippen LogP contribution in [-0.4, -0.2) is 28.9 Å². The lowest BCUT2D eigenvalue weighted by molar-refractivity contribution is -0.138. The molecule has 6 nitrogen and oxygen atoms in total. The van der Waals surface area contributed by atoms with E-state index >= 15 is 0 Å². The molecule has 0 fully saturated rings.